The minimum Gasteiger partial charge on any atom is -0.324 e. The average molecular weight is 210 g/mol. The van der Waals surface area contributed by atoms with Crippen LogP contribution < -0.4 is 5.73 Å². The highest BCUT2D eigenvalue weighted by Crippen LogP contribution is 2.25. The largest absolute Gasteiger partial charge is 0.324 e. The highest BCUT2D eigenvalue weighted by atomic mass is 35.5. The van der Waals surface area contributed by atoms with Gasteiger partial charge in [0.1, 0.15) is 0 Å². The Hall–Kier alpha value is -0.790. The van der Waals surface area contributed by atoms with Crippen molar-refractivity contribution in [3.63, 3.8) is 0 Å². The molecule has 0 aromatic heterocycles. The molecule has 1 rings (SSSR count). The van der Waals surface area contributed by atoms with Gasteiger partial charge in [-0.1, -0.05) is 29.8 Å². The molecule has 0 fully saturated rings. The first-order chi connectivity index (χ1) is 6.56. The maximum atomic E-state index is 6.07. The molecule has 1 atom stereocenters. The lowest BCUT2D eigenvalue weighted by molar-refractivity contribution is 0.740. The van der Waals surface area contributed by atoms with Crippen LogP contribution in [0.3, 0.4) is 0 Å². The van der Waals surface area contributed by atoms with E-state index in [9.17, 15) is 0 Å². The lowest BCUT2D eigenvalue weighted by Crippen LogP contribution is -2.09. The lowest BCUT2D eigenvalue weighted by atomic mass is 10.00. The molecule has 0 aliphatic heterocycles. The van der Waals surface area contributed by atoms with Crippen LogP contribution >= 0.6 is 11.6 Å². The van der Waals surface area contributed by atoms with Crippen LogP contribution in [0.1, 0.15) is 29.2 Å². The van der Waals surface area contributed by atoms with Crippen molar-refractivity contribution in [1.29, 1.82) is 0 Å². The summed E-state index contributed by atoms with van der Waals surface area (Å²) in [7, 11) is 0. The van der Waals surface area contributed by atoms with E-state index < -0.39 is 0 Å². The maximum Gasteiger partial charge on any atom is 0.0464 e. The van der Waals surface area contributed by atoms with E-state index in [4.69, 9.17) is 17.3 Å². The molecular weight excluding hydrogens is 194 g/mol. The lowest BCUT2D eigenvalue weighted by Gasteiger charge is -2.13. The van der Waals surface area contributed by atoms with Crippen LogP contribution in [0.2, 0.25) is 5.02 Å². The first-order valence-electron chi connectivity index (χ1n) is 4.69. The fraction of sp³-hybridized carbons (Fsp3) is 0.333. The van der Waals surface area contributed by atoms with Crippen molar-refractivity contribution in [3.05, 3.63) is 46.5 Å². The molecule has 1 aromatic rings. The van der Waals surface area contributed by atoms with Gasteiger partial charge in [0.15, 0.2) is 0 Å². The van der Waals surface area contributed by atoms with E-state index in [1.54, 1.807) is 0 Å². The zero-order valence-electron chi connectivity index (χ0n) is 8.68. The molecule has 14 heavy (non-hydrogen) atoms. The van der Waals surface area contributed by atoms with Crippen LogP contribution in [0, 0.1) is 13.8 Å². The third-order valence-electron chi connectivity index (χ3n) is 2.31. The Balaban J connectivity index is 3.05. The number of nitrogens with two attached hydrogens (primary N) is 1. The fourth-order valence-corrected chi connectivity index (χ4v) is 1.62. The fourth-order valence-electron chi connectivity index (χ4n) is 1.51. The van der Waals surface area contributed by atoms with E-state index >= 15 is 0 Å². The number of hydrogen-bond acceptors (Lipinski definition) is 1. The summed E-state index contributed by atoms with van der Waals surface area (Å²) >= 11 is 6.07. The van der Waals surface area contributed by atoms with Crippen molar-refractivity contribution in [2.24, 2.45) is 5.73 Å². The van der Waals surface area contributed by atoms with Crippen molar-refractivity contribution in [2.45, 2.75) is 26.3 Å². The summed E-state index contributed by atoms with van der Waals surface area (Å²) in [6.45, 7) is 7.68. The Morgan fingerprint density at radius 2 is 1.93 bits per heavy atom. The summed E-state index contributed by atoms with van der Waals surface area (Å²) in [6, 6.07) is 4.12. The van der Waals surface area contributed by atoms with Gasteiger partial charge in [-0.05, 0) is 37.0 Å². The monoisotopic (exact) mass is 209 g/mol. The summed E-state index contributed by atoms with van der Waals surface area (Å²) in [5.41, 5.74) is 9.28. The van der Waals surface area contributed by atoms with Crippen molar-refractivity contribution in [3.8, 4) is 0 Å². The molecule has 76 valence electrons. The van der Waals surface area contributed by atoms with Crippen LogP contribution in [0.15, 0.2) is 24.8 Å². The highest BCUT2D eigenvalue weighted by Gasteiger charge is 2.07. The molecule has 0 unspecified atom stereocenters. The molecule has 1 nitrogen and oxygen atoms in total. The molecule has 2 N–H and O–H groups in total. The Morgan fingerprint density at radius 1 is 1.43 bits per heavy atom. The van der Waals surface area contributed by atoms with E-state index in [0.717, 1.165) is 28.1 Å². The first-order valence-corrected chi connectivity index (χ1v) is 5.07. The number of benzene rings is 1. The van der Waals surface area contributed by atoms with Gasteiger partial charge < -0.3 is 5.73 Å². The SMILES string of the molecule is C=CC[C@@H](N)c1cc(C)c(Cl)c(C)c1. The summed E-state index contributed by atoms with van der Waals surface area (Å²) in [4.78, 5) is 0. The Bertz CT molecular complexity index is 321. The topological polar surface area (TPSA) is 26.0 Å². The standard InChI is InChI=1S/C12H16ClN/c1-4-5-11(14)10-6-8(2)12(13)9(3)7-10/h4,6-7,11H,1,5,14H2,2-3H3/t11-/m1/s1. The van der Waals surface area contributed by atoms with Crippen molar-refractivity contribution >= 4 is 11.6 Å². The summed E-state index contributed by atoms with van der Waals surface area (Å²) in [5.74, 6) is 0. The van der Waals surface area contributed by atoms with Gasteiger partial charge in [0.05, 0.1) is 0 Å². The molecule has 0 radical (unpaired) electrons. The Labute approximate surface area is 90.6 Å². The molecule has 2 heteroatoms. The van der Waals surface area contributed by atoms with E-state index in [1.807, 2.05) is 32.1 Å². The third-order valence-corrected chi connectivity index (χ3v) is 2.90. The highest BCUT2D eigenvalue weighted by molar-refractivity contribution is 6.32. The molecule has 0 saturated carbocycles. The Kier molecular flexibility index (Phi) is 3.73. The normalized spacial score (nSPS) is 12.6. The molecule has 0 saturated heterocycles. The number of halogens is 1. The van der Waals surface area contributed by atoms with Crippen LogP contribution in [0.4, 0.5) is 0 Å². The smallest absolute Gasteiger partial charge is 0.0464 e. The second-order valence-corrected chi connectivity index (χ2v) is 3.98. The number of hydrogen-bond donors (Lipinski definition) is 1. The second kappa shape index (κ2) is 4.63. The molecule has 0 aliphatic carbocycles. The van der Waals surface area contributed by atoms with E-state index in [2.05, 4.69) is 6.58 Å². The number of aryl methyl sites for hydroxylation is 2. The van der Waals surface area contributed by atoms with Gasteiger partial charge in [0, 0.05) is 11.1 Å². The van der Waals surface area contributed by atoms with Gasteiger partial charge in [-0.3, -0.25) is 0 Å². The van der Waals surface area contributed by atoms with E-state index in [-0.39, 0.29) is 6.04 Å². The molecule has 0 amide bonds. The van der Waals surface area contributed by atoms with Gasteiger partial charge >= 0.3 is 0 Å². The van der Waals surface area contributed by atoms with Crippen molar-refractivity contribution in [1.82, 2.24) is 0 Å². The zero-order valence-corrected chi connectivity index (χ0v) is 9.43. The summed E-state index contributed by atoms with van der Waals surface area (Å²) in [5, 5.41) is 0.833. The van der Waals surface area contributed by atoms with E-state index in [0.29, 0.717) is 0 Å². The molecule has 1 aromatic carbocycles. The Morgan fingerprint density at radius 3 is 2.36 bits per heavy atom. The summed E-state index contributed by atoms with van der Waals surface area (Å²) < 4.78 is 0. The number of rotatable bonds is 3. The molecular formula is C12H16ClN. The maximum absolute atomic E-state index is 6.07. The predicted octanol–water partition coefficient (Wildman–Crippen LogP) is 3.53. The molecule has 0 spiro atoms. The van der Waals surface area contributed by atoms with Gasteiger partial charge in [-0.2, -0.15) is 0 Å². The van der Waals surface area contributed by atoms with E-state index in [1.165, 1.54) is 0 Å². The summed E-state index contributed by atoms with van der Waals surface area (Å²) in [6.07, 6.45) is 2.63. The minimum absolute atomic E-state index is 0.0298. The van der Waals surface area contributed by atoms with Gasteiger partial charge in [0.25, 0.3) is 0 Å². The van der Waals surface area contributed by atoms with Crippen LogP contribution in [-0.2, 0) is 0 Å². The molecule has 0 heterocycles. The molecule has 0 aliphatic rings. The quantitative estimate of drug-likeness (QED) is 0.758. The van der Waals surface area contributed by atoms with Crippen molar-refractivity contribution < 1.29 is 0 Å². The van der Waals surface area contributed by atoms with Gasteiger partial charge in [-0.25, -0.2) is 0 Å². The predicted molar refractivity (Wildman–Crippen MR) is 62.7 cm³/mol. The minimum atomic E-state index is 0.0298. The van der Waals surface area contributed by atoms with Gasteiger partial charge in [0.2, 0.25) is 0 Å². The molecule has 0 bridgehead atoms. The first kappa shape index (κ1) is 11.3. The zero-order chi connectivity index (χ0) is 10.7. The third kappa shape index (κ3) is 2.37. The van der Waals surface area contributed by atoms with Crippen LogP contribution in [0.5, 0.6) is 0 Å². The second-order valence-electron chi connectivity index (χ2n) is 3.60. The van der Waals surface area contributed by atoms with Crippen LogP contribution in [-0.4, -0.2) is 0 Å². The van der Waals surface area contributed by atoms with Crippen LogP contribution in [0.25, 0.3) is 0 Å². The van der Waals surface area contributed by atoms with Crippen molar-refractivity contribution in [2.75, 3.05) is 0 Å². The average Bonchev–Trinajstić information content (AvgIpc) is 2.13. The van der Waals surface area contributed by atoms with Gasteiger partial charge in [-0.15, -0.1) is 6.58 Å².